The Balaban J connectivity index is 3.01. The maximum atomic E-state index is 13.8. The van der Waals surface area contributed by atoms with Gasteiger partial charge in [0.05, 0.1) is 0 Å². The van der Waals surface area contributed by atoms with Crippen LogP contribution in [0.5, 0.6) is 5.75 Å². The molecule has 0 amide bonds. The minimum absolute atomic E-state index is 0.107. The molecule has 3 heteroatoms. The fraction of sp³-hybridized carbons (Fsp3) is 0.500. The Morgan fingerprint density at radius 3 is 2.47 bits per heavy atom. The molecule has 0 unspecified atom stereocenters. The molecule has 0 aliphatic heterocycles. The van der Waals surface area contributed by atoms with Gasteiger partial charge in [0.1, 0.15) is 13.3 Å². The topological polar surface area (TPSA) is 9.23 Å². The van der Waals surface area contributed by atoms with E-state index in [2.05, 4.69) is 0 Å². The van der Waals surface area contributed by atoms with Crippen LogP contribution in [0.1, 0.15) is 26.3 Å². The van der Waals surface area contributed by atoms with Gasteiger partial charge in [0.15, 0.2) is 11.6 Å². The Bertz CT molecular complexity index is 329. The van der Waals surface area contributed by atoms with Crippen LogP contribution < -0.4 is 4.74 Å². The molecule has 1 aromatic rings. The van der Waals surface area contributed by atoms with E-state index >= 15 is 0 Å². The van der Waals surface area contributed by atoms with Gasteiger partial charge in [0.2, 0.25) is 0 Å². The third-order valence-corrected chi connectivity index (χ3v) is 2.11. The summed E-state index contributed by atoms with van der Waals surface area (Å²) in [5, 5.41) is 0. The summed E-state index contributed by atoms with van der Waals surface area (Å²) in [6, 6.07) is 4.95. The number of ether oxygens (including phenoxy) is 1. The minimum atomic E-state index is -0.612. The van der Waals surface area contributed by atoms with Crippen LogP contribution in [-0.4, -0.2) is 13.3 Å². The Morgan fingerprint density at radius 2 is 1.93 bits per heavy atom. The van der Waals surface area contributed by atoms with E-state index in [0.29, 0.717) is 5.56 Å². The largest absolute Gasteiger partial charge is 0.488 e. The van der Waals surface area contributed by atoms with Crippen LogP contribution in [0, 0.1) is 5.82 Å². The van der Waals surface area contributed by atoms with Gasteiger partial charge in [-0.05, 0) is 17.0 Å². The van der Waals surface area contributed by atoms with E-state index in [1.54, 1.807) is 12.1 Å². The van der Waals surface area contributed by atoms with Crippen molar-refractivity contribution in [3.63, 3.8) is 0 Å². The lowest BCUT2D eigenvalue weighted by Crippen LogP contribution is -2.14. The van der Waals surface area contributed by atoms with Crippen molar-refractivity contribution >= 4 is 0 Å². The van der Waals surface area contributed by atoms with Gasteiger partial charge in [0, 0.05) is 0 Å². The molecule has 0 heterocycles. The van der Waals surface area contributed by atoms with Crippen molar-refractivity contribution in [1.29, 1.82) is 0 Å². The number of rotatable bonds is 3. The molecule has 0 atom stereocenters. The summed E-state index contributed by atoms with van der Waals surface area (Å²) in [5.74, 6) is -0.265. The lowest BCUT2D eigenvalue weighted by atomic mass is 9.86. The second kappa shape index (κ2) is 4.60. The first-order chi connectivity index (χ1) is 6.96. The van der Waals surface area contributed by atoms with Crippen LogP contribution in [0.3, 0.4) is 0 Å². The molecule has 1 rings (SSSR count). The van der Waals surface area contributed by atoms with Gasteiger partial charge in [-0.1, -0.05) is 32.9 Å². The Kier molecular flexibility index (Phi) is 3.66. The van der Waals surface area contributed by atoms with E-state index in [0.717, 1.165) is 0 Å². The fourth-order valence-corrected chi connectivity index (χ4v) is 1.35. The average molecular weight is 214 g/mol. The summed E-state index contributed by atoms with van der Waals surface area (Å²) in [4.78, 5) is 0. The van der Waals surface area contributed by atoms with Crippen molar-refractivity contribution in [3.05, 3.63) is 29.6 Å². The first-order valence-electron chi connectivity index (χ1n) is 4.94. The number of benzene rings is 1. The van der Waals surface area contributed by atoms with E-state index < -0.39 is 12.5 Å². The van der Waals surface area contributed by atoms with Crippen LogP contribution in [0.4, 0.5) is 8.78 Å². The first-order valence-corrected chi connectivity index (χ1v) is 4.94. The smallest absolute Gasteiger partial charge is 0.168 e. The standard InChI is InChI=1S/C12H16F2O/c1-12(2,3)9-5-4-6-10(11(9)14)15-8-7-13/h4-6H,7-8H2,1-3H3. The highest BCUT2D eigenvalue weighted by atomic mass is 19.1. The van der Waals surface area contributed by atoms with Crippen molar-refractivity contribution < 1.29 is 13.5 Å². The molecular formula is C12H16F2O. The summed E-state index contributed by atoms with van der Waals surface area (Å²) >= 11 is 0. The van der Waals surface area contributed by atoms with Gasteiger partial charge in [-0.2, -0.15) is 0 Å². The third-order valence-electron chi connectivity index (χ3n) is 2.11. The number of alkyl halides is 1. The highest BCUT2D eigenvalue weighted by Crippen LogP contribution is 2.30. The molecule has 0 bridgehead atoms. The molecule has 1 nitrogen and oxygen atoms in total. The van der Waals surface area contributed by atoms with E-state index in [9.17, 15) is 8.78 Å². The molecule has 0 radical (unpaired) electrons. The summed E-state index contributed by atoms with van der Waals surface area (Å²) in [6.45, 7) is 5.04. The van der Waals surface area contributed by atoms with Crippen molar-refractivity contribution in [2.24, 2.45) is 0 Å². The fourth-order valence-electron chi connectivity index (χ4n) is 1.35. The molecule has 0 aliphatic carbocycles. The quantitative estimate of drug-likeness (QED) is 0.748. The molecule has 15 heavy (non-hydrogen) atoms. The molecule has 1 aromatic carbocycles. The van der Waals surface area contributed by atoms with Gasteiger partial charge in [-0.3, -0.25) is 0 Å². The van der Waals surface area contributed by atoms with E-state index in [1.807, 2.05) is 20.8 Å². The summed E-state index contributed by atoms with van der Waals surface area (Å²) < 4.78 is 30.7. The lowest BCUT2D eigenvalue weighted by molar-refractivity contribution is 0.261. The van der Waals surface area contributed by atoms with Gasteiger partial charge < -0.3 is 4.74 Å². The highest BCUT2D eigenvalue weighted by Gasteiger charge is 2.20. The highest BCUT2D eigenvalue weighted by molar-refractivity contribution is 5.34. The van der Waals surface area contributed by atoms with E-state index in [1.165, 1.54) is 6.07 Å². The van der Waals surface area contributed by atoms with Crippen LogP contribution in [-0.2, 0) is 5.41 Å². The molecule has 0 fully saturated rings. The maximum absolute atomic E-state index is 13.8. The van der Waals surface area contributed by atoms with Crippen molar-refractivity contribution in [2.45, 2.75) is 26.2 Å². The zero-order valence-electron chi connectivity index (χ0n) is 9.31. The normalized spacial score (nSPS) is 11.5. The van der Waals surface area contributed by atoms with E-state index in [-0.39, 0.29) is 17.8 Å². The van der Waals surface area contributed by atoms with Crippen LogP contribution in [0.25, 0.3) is 0 Å². The van der Waals surface area contributed by atoms with Crippen molar-refractivity contribution in [1.82, 2.24) is 0 Å². The molecule has 84 valence electrons. The SMILES string of the molecule is CC(C)(C)c1cccc(OCCF)c1F. The molecular weight excluding hydrogens is 198 g/mol. The molecule has 0 aromatic heterocycles. The van der Waals surface area contributed by atoms with Gasteiger partial charge in [0.25, 0.3) is 0 Å². The second-order valence-electron chi connectivity index (χ2n) is 4.41. The zero-order valence-corrected chi connectivity index (χ0v) is 9.31. The summed E-state index contributed by atoms with van der Waals surface area (Å²) in [6.07, 6.45) is 0. The van der Waals surface area contributed by atoms with Crippen molar-refractivity contribution in [2.75, 3.05) is 13.3 Å². The van der Waals surface area contributed by atoms with Crippen molar-refractivity contribution in [3.8, 4) is 5.75 Å². The monoisotopic (exact) mass is 214 g/mol. The third kappa shape index (κ3) is 2.91. The summed E-state index contributed by atoms with van der Waals surface area (Å²) in [5.41, 5.74) is 0.304. The van der Waals surface area contributed by atoms with Crippen LogP contribution in [0.15, 0.2) is 18.2 Å². The molecule has 0 aliphatic rings. The minimum Gasteiger partial charge on any atom is -0.488 e. The zero-order chi connectivity index (χ0) is 11.5. The second-order valence-corrected chi connectivity index (χ2v) is 4.41. The van der Waals surface area contributed by atoms with Crippen LogP contribution >= 0.6 is 0 Å². The Hall–Kier alpha value is -1.12. The Morgan fingerprint density at radius 1 is 1.27 bits per heavy atom. The average Bonchev–Trinajstić information content (AvgIpc) is 2.14. The number of hydrogen-bond donors (Lipinski definition) is 0. The molecule has 0 saturated heterocycles. The lowest BCUT2D eigenvalue weighted by Gasteiger charge is -2.20. The predicted octanol–water partition coefficient (Wildman–Crippen LogP) is 3.47. The first kappa shape index (κ1) is 12.0. The molecule has 0 N–H and O–H groups in total. The van der Waals surface area contributed by atoms with Crippen LogP contribution in [0.2, 0.25) is 0 Å². The number of halogens is 2. The Labute approximate surface area is 89.1 Å². The summed E-state index contributed by atoms with van der Waals surface area (Å²) in [7, 11) is 0. The molecule has 0 spiro atoms. The van der Waals surface area contributed by atoms with Gasteiger partial charge in [-0.15, -0.1) is 0 Å². The predicted molar refractivity (Wildman–Crippen MR) is 56.6 cm³/mol. The van der Waals surface area contributed by atoms with Gasteiger partial charge >= 0.3 is 0 Å². The number of hydrogen-bond acceptors (Lipinski definition) is 1. The molecule has 0 saturated carbocycles. The van der Waals surface area contributed by atoms with Gasteiger partial charge in [-0.25, -0.2) is 8.78 Å². The van der Waals surface area contributed by atoms with E-state index in [4.69, 9.17) is 4.74 Å². The maximum Gasteiger partial charge on any atom is 0.168 e.